The van der Waals surface area contributed by atoms with Gasteiger partial charge in [0, 0.05) is 12.1 Å². The monoisotopic (exact) mass is 266 g/mol. The molecule has 0 saturated heterocycles. The van der Waals surface area contributed by atoms with E-state index in [-0.39, 0.29) is 16.9 Å². The number of nitrogens with one attached hydrogen (secondary N) is 1. The van der Waals surface area contributed by atoms with E-state index in [9.17, 15) is 8.78 Å². The van der Waals surface area contributed by atoms with Gasteiger partial charge < -0.3 is 9.84 Å². The number of nitrogens with zero attached hydrogens (tertiary/aromatic N) is 1. The number of benzene rings is 1. The minimum Gasteiger partial charge on any atom is -0.356 e. The summed E-state index contributed by atoms with van der Waals surface area (Å²) >= 11 is 0. The van der Waals surface area contributed by atoms with Crippen molar-refractivity contribution in [2.75, 3.05) is 6.54 Å². The molecule has 3 nitrogen and oxygen atoms in total. The lowest BCUT2D eigenvalue weighted by molar-refractivity contribution is 0.428. The summed E-state index contributed by atoms with van der Waals surface area (Å²) < 4.78 is 32.5. The lowest BCUT2D eigenvalue weighted by Gasteiger charge is -2.05. The molecule has 0 atom stereocenters. The van der Waals surface area contributed by atoms with E-state index in [0.717, 1.165) is 30.7 Å². The first-order chi connectivity index (χ1) is 9.13. The van der Waals surface area contributed by atoms with Crippen LogP contribution in [0.1, 0.15) is 24.5 Å². The molecule has 19 heavy (non-hydrogen) atoms. The summed E-state index contributed by atoms with van der Waals surface area (Å²) in [6.45, 7) is 4.93. The molecule has 2 rings (SSSR count). The Hall–Kier alpha value is -1.75. The first kappa shape index (κ1) is 13.7. The summed E-state index contributed by atoms with van der Waals surface area (Å²) in [6, 6.07) is 2.31. The molecular weight excluding hydrogens is 250 g/mol. The number of halogens is 2. The van der Waals surface area contributed by atoms with Crippen molar-refractivity contribution in [2.24, 2.45) is 0 Å². The van der Waals surface area contributed by atoms with Crippen molar-refractivity contribution in [2.45, 2.75) is 26.8 Å². The fourth-order valence-electron chi connectivity index (χ4n) is 1.83. The largest absolute Gasteiger partial charge is 0.356 e. The predicted octanol–water partition coefficient (Wildman–Crippen LogP) is 3.43. The van der Waals surface area contributed by atoms with Crippen molar-refractivity contribution in [1.82, 2.24) is 10.5 Å². The van der Waals surface area contributed by atoms with E-state index in [1.807, 2.05) is 0 Å². The maximum absolute atomic E-state index is 13.9. The average Bonchev–Trinajstić information content (AvgIpc) is 2.82. The number of aryl methyl sites for hydroxylation is 1. The molecular formula is C14H16F2N2O. The van der Waals surface area contributed by atoms with Crippen LogP contribution in [0.15, 0.2) is 22.9 Å². The van der Waals surface area contributed by atoms with Gasteiger partial charge >= 0.3 is 0 Å². The van der Waals surface area contributed by atoms with Crippen molar-refractivity contribution < 1.29 is 13.3 Å². The molecule has 102 valence electrons. The summed E-state index contributed by atoms with van der Waals surface area (Å²) in [7, 11) is 0. The Morgan fingerprint density at radius 1 is 1.26 bits per heavy atom. The van der Waals surface area contributed by atoms with Crippen LogP contribution >= 0.6 is 0 Å². The molecule has 1 aromatic carbocycles. The molecule has 0 aliphatic carbocycles. The second-order valence-electron chi connectivity index (χ2n) is 4.44. The van der Waals surface area contributed by atoms with Gasteiger partial charge in [-0.05, 0) is 37.6 Å². The molecule has 0 aliphatic rings. The summed E-state index contributed by atoms with van der Waals surface area (Å²) in [5.74, 6) is -0.687. The number of rotatable bonds is 5. The van der Waals surface area contributed by atoms with Crippen LogP contribution in [0, 0.1) is 18.6 Å². The van der Waals surface area contributed by atoms with Crippen molar-refractivity contribution in [3.63, 3.8) is 0 Å². The van der Waals surface area contributed by atoms with E-state index in [0.29, 0.717) is 6.54 Å². The van der Waals surface area contributed by atoms with Crippen molar-refractivity contribution >= 4 is 0 Å². The van der Waals surface area contributed by atoms with E-state index in [4.69, 9.17) is 4.52 Å². The molecule has 2 aromatic rings. The van der Waals surface area contributed by atoms with Gasteiger partial charge in [-0.15, -0.1) is 0 Å². The van der Waals surface area contributed by atoms with E-state index >= 15 is 0 Å². The maximum Gasteiger partial charge on any atom is 0.174 e. The van der Waals surface area contributed by atoms with Gasteiger partial charge in [0.05, 0.1) is 11.8 Å². The smallest absolute Gasteiger partial charge is 0.174 e. The highest BCUT2D eigenvalue weighted by Gasteiger charge is 2.16. The molecule has 0 aliphatic heterocycles. The van der Waals surface area contributed by atoms with Crippen molar-refractivity contribution in [3.05, 3.63) is 41.1 Å². The van der Waals surface area contributed by atoms with E-state index in [2.05, 4.69) is 17.4 Å². The molecule has 5 heteroatoms. The van der Waals surface area contributed by atoms with Gasteiger partial charge in [-0.2, -0.15) is 0 Å². The lowest BCUT2D eigenvalue weighted by atomic mass is 10.1. The number of aromatic nitrogens is 1. The first-order valence-electron chi connectivity index (χ1n) is 6.23. The molecule has 1 heterocycles. The molecule has 0 radical (unpaired) electrons. The van der Waals surface area contributed by atoms with Gasteiger partial charge in [0.15, 0.2) is 5.76 Å². The van der Waals surface area contributed by atoms with Crippen LogP contribution in [0.4, 0.5) is 8.78 Å². The van der Waals surface area contributed by atoms with Crippen LogP contribution in [-0.4, -0.2) is 11.7 Å². The third kappa shape index (κ3) is 2.98. The third-order valence-electron chi connectivity index (χ3n) is 2.88. The second kappa shape index (κ2) is 5.93. The lowest BCUT2D eigenvalue weighted by Crippen LogP contribution is -2.13. The molecule has 0 spiro atoms. The summed E-state index contributed by atoms with van der Waals surface area (Å²) in [6.07, 6.45) is 2.52. The van der Waals surface area contributed by atoms with Crippen LogP contribution < -0.4 is 5.32 Å². The summed E-state index contributed by atoms with van der Waals surface area (Å²) in [5, 5.41) is 6.84. The number of hydrogen-bond donors (Lipinski definition) is 1. The fraction of sp³-hybridized carbons (Fsp3) is 0.357. The maximum atomic E-state index is 13.9. The van der Waals surface area contributed by atoms with Gasteiger partial charge in [-0.25, -0.2) is 8.78 Å². The molecule has 0 bridgehead atoms. The second-order valence-corrected chi connectivity index (χ2v) is 4.44. The van der Waals surface area contributed by atoms with Gasteiger partial charge in [0.2, 0.25) is 0 Å². The summed E-state index contributed by atoms with van der Waals surface area (Å²) in [5.41, 5.74) is 1.09. The SMILES string of the molecule is CCCNCc1cnoc1-c1cc(F)c(C)cc1F. The highest BCUT2D eigenvalue weighted by atomic mass is 19.1. The molecule has 0 unspecified atom stereocenters. The predicted molar refractivity (Wildman–Crippen MR) is 68.6 cm³/mol. The zero-order chi connectivity index (χ0) is 13.8. The Morgan fingerprint density at radius 3 is 2.79 bits per heavy atom. The van der Waals surface area contributed by atoms with Crippen molar-refractivity contribution in [1.29, 1.82) is 0 Å². The van der Waals surface area contributed by atoms with E-state index < -0.39 is 11.6 Å². The minimum absolute atomic E-state index is 0.105. The quantitative estimate of drug-likeness (QED) is 0.842. The van der Waals surface area contributed by atoms with Crippen LogP contribution in [0.25, 0.3) is 11.3 Å². The van der Waals surface area contributed by atoms with Crippen LogP contribution in [0.2, 0.25) is 0 Å². The third-order valence-corrected chi connectivity index (χ3v) is 2.88. The first-order valence-corrected chi connectivity index (χ1v) is 6.23. The minimum atomic E-state index is -0.507. The number of hydrogen-bond acceptors (Lipinski definition) is 3. The summed E-state index contributed by atoms with van der Waals surface area (Å²) in [4.78, 5) is 0. The standard InChI is InChI=1S/C14H16F2N2O/c1-3-4-17-7-10-8-18-19-14(10)11-6-12(15)9(2)5-13(11)16/h5-6,8,17H,3-4,7H2,1-2H3. The van der Waals surface area contributed by atoms with Crippen LogP contribution in [0.5, 0.6) is 0 Å². The molecule has 0 fully saturated rings. The fourth-order valence-corrected chi connectivity index (χ4v) is 1.83. The molecule has 1 aromatic heterocycles. The van der Waals surface area contributed by atoms with E-state index in [1.54, 1.807) is 0 Å². The normalized spacial score (nSPS) is 10.9. The molecule has 0 amide bonds. The van der Waals surface area contributed by atoms with Crippen molar-refractivity contribution in [3.8, 4) is 11.3 Å². The zero-order valence-electron chi connectivity index (χ0n) is 11.0. The highest BCUT2D eigenvalue weighted by Crippen LogP contribution is 2.28. The molecule has 0 saturated carbocycles. The van der Waals surface area contributed by atoms with Crippen LogP contribution in [0.3, 0.4) is 0 Å². The molecule has 1 N–H and O–H groups in total. The zero-order valence-corrected chi connectivity index (χ0v) is 11.0. The Kier molecular flexibility index (Phi) is 4.27. The highest BCUT2D eigenvalue weighted by molar-refractivity contribution is 5.62. The van der Waals surface area contributed by atoms with E-state index in [1.165, 1.54) is 13.1 Å². The van der Waals surface area contributed by atoms with Gasteiger partial charge in [0.1, 0.15) is 11.6 Å². The Balaban J connectivity index is 2.32. The Labute approximate surface area is 110 Å². The van der Waals surface area contributed by atoms with Crippen LogP contribution in [-0.2, 0) is 6.54 Å². The van der Waals surface area contributed by atoms with Gasteiger partial charge in [-0.1, -0.05) is 12.1 Å². The average molecular weight is 266 g/mol. The topological polar surface area (TPSA) is 38.1 Å². The van der Waals surface area contributed by atoms with Gasteiger partial charge in [0.25, 0.3) is 0 Å². The Morgan fingerprint density at radius 2 is 2.05 bits per heavy atom. The Bertz CT molecular complexity index is 567. The van der Waals surface area contributed by atoms with Gasteiger partial charge in [-0.3, -0.25) is 0 Å².